The molecule has 0 saturated carbocycles. The van der Waals surface area contributed by atoms with E-state index in [4.69, 9.17) is 0 Å². The van der Waals surface area contributed by atoms with Crippen LogP contribution >= 0.6 is 11.3 Å². The number of phenolic OH excluding ortho intramolecular Hbond substituents is 1. The normalized spacial score (nSPS) is 10.8. The zero-order chi connectivity index (χ0) is 18.1. The van der Waals surface area contributed by atoms with Crippen LogP contribution in [-0.2, 0) is 0 Å². The summed E-state index contributed by atoms with van der Waals surface area (Å²) in [6.45, 7) is 0. The summed E-state index contributed by atoms with van der Waals surface area (Å²) in [6.07, 6.45) is 0. The Morgan fingerprint density at radius 2 is 1.69 bits per heavy atom. The number of carbonyl (C=O) groups is 1. The van der Waals surface area contributed by atoms with Crippen molar-refractivity contribution in [3.63, 3.8) is 0 Å². The summed E-state index contributed by atoms with van der Waals surface area (Å²) in [5, 5.41) is 23.2. The first kappa shape index (κ1) is 16.2. The molecular weight excluding hydrogens is 353 g/mol. The Morgan fingerprint density at radius 1 is 1.00 bits per heavy atom. The maximum atomic E-state index is 13.0. The first-order chi connectivity index (χ1) is 12.6. The molecule has 0 bridgehead atoms. The molecule has 0 radical (unpaired) electrons. The number of nitrogens with one attached hydrogen (secondary N) is 1. The lowest BCUT2D eigenvalue weighted by Crippen LogP contribution is -2.01. The number of aromatic nitrogens is 2. The number of hydrogen-bond acceptors (Lipinski definition) is 6. The van der Waals surface area contributed by atoms with Gasteiger partial charge in [-0.3, -0.25) is 4.79 Å². The molecule has 7 heteroatoms. The molecule has 0 aliphatic heterocycles. The average molecular weight is 365 g/mol. The SMILES string of the molecule is O=C(c1nnc(Nc2ccc(F)cc2)s1)c1cc2ccccc2cc1O. The Morgan fingerprint density at radius 3 is 2.42 bits per heavy atom. The van der Waals surface area contributed by atoms with Crippen LogP contribution in [0, 0.1) is 5.82 Å². The molecule has 0 unspecified atom stereocenters. The summed E-state index contributed by atoms with van der Waals surface area (Å²) in [5.41, 5.74) is 0.809. The summed E-state index contributed by atoms with van der Waals surface area (Å²) >= 11 is 1.06. The minimum absolute atomic E-state index is 0.100. The van der Waals surface area contributed by atoms with E-state index in [1.165, 1.54) is 12.1 Å². The van der Waals surface area contributed by atoms with Gasteiger partial charge < -0.3 is 10.4 Å². The first-order valence-electron chi connectivity index (χ1n) is 7.73. The average Bonchev–Trinajstić information content (AvgIpc) is 3.11. The standard InChI is InChI=1S/C19H12FN3O2S/c20-13-5-7-14(8-6-13)21-19-23-22-18(26-19)17(25)15-9-11-3-1-2-4-12(11)10-16(15)24/h1-10,24H,(H,21,23). The second kappa shape index (κ2) is 6.53. The van der Waals surface area contributed by atoms with E-state index in [0.717, 1.165) is 22.1 Å². The molecule has 5 nitrogen and oxygen atoms in total. The Kier molecular flexibility index (Phi) is 4.06. The number of aromatic hydroxyl groups is 1. The summed E-state index contributed by atoms with van der Waals surface area (Å²) < 4.78 is 13.0. The number of hydrogen-bond donors (Lipinski definition) is 2. The number of nitrogens with zero attached hydrogens (tertiary/aromatic N) is 2. The molecule has 4 rings (SSSR count). The fraction of sp³-hybridized carbons (Fsp3) is 0. The molecule has 0 aliphatic rings. The molecule has 2 N–H and O–H groups in total. The van der Waals surface area contributed by atoms with Gasteiger partial charge in [-0.05, 0) is 47.2 Å². The molecule has 3 aromatic carbocycles. The van der Waals surface area contributed by atoms with E-state index in [1.807, 2.05) is 24.3 Å². The van der Waals surface area contributed by atoms with Crippen LogP contribution in [0.5, 0.6) is 5.75 Å². The highest BCUT2D eigenvalue weighted by Crippen LogP contribution is 2.29. The van der Waals surface area contributed by atoms with Gasteiger partial charge in [0.25, 0.3) is 0 Å². The Bertz CT molecular complexity index is 1110. The van der Waals surface area contributed by atoms with E-state index in [0.29, 0.717) is 10.8 Å². The third kappa shape index (κ3) is 3.12. The molecule has 1 aromatic heterocycles. The maximum absolute atomic E-state index is 13.0. The first-order valence-corrected chi connectivity index (χ1v) is 8.54. The molecule has 0 spiro atoms. The number of benzene rings is 3. The molecule has 0 fully saturated rings. The summed E-state index contributed by atoms with van der Waals surface area (Å²) in [4.78, 5) is 12.7. The van der Waals surface area contributed by atoms with Crippen LogP contribution in [0.4, 0.5) is 15.2 Å². The second-order valence-corrected chi connectivity index (χ2v) is 6.57. The van der Waals surface area contributed by atoms with Crippen molar-refractivity contribution in [1.29, 1.82) is 0 Å². The van der Waals surface area contributed by atoms with Gasteiger partial charge in [0, 0.05) is 5.69 Å². The maximum Gasteiger partial charge on any atom is 0.227 e. The van der Waals surface area contributed by atoms with Crippen molar-refractivity contribution in [3.05, 3.63) is 77.1 Å². The Hall–Kier alpha value is -3.32. The Labute approximate surface area is 151 Å². The van der Waals surface area contributed by atoms with Crippen LogP contribution in [-0.4, -0.2) is 21.1 Å². The smallest absolute Gasteiger partial charge is 0.227 e. The molecule has 1 heterocycles. The number of fused-ring (bicyclic) bond motifs is 1. The molecule has 26 heavy (non-hydrogen) atoms. The number of phenols is 1. The van der Waals surface area contributed by atoms with E-state index in [-0.39, 0.29) is 22.1 Å². The lowest BCUT2D eigenvalue weighted by atomic mass is 10.0. The predicted octanol–water partition coefficient (Wildman–Crippen LogP) is 4.51. The summed E-state index contributed by atoms with van der Waals surface area (Å²) in [6, 6.07) is 16.4. The Balaban J connectivity index is 1.62. The second-order valence-electron chi connectivity index (χ2n) is 5.59. The van der Waals surface area contributed by atoms with Crippen molar-refractivity contribution >= 4 is 38.7 Å². The van der Waals surface area contributed by atoms with Gasteiger partial charge in [0.05, 0.1) is 5.56 Å². The van der Waals surface area contributed by atoms with E-state index >= 15 is 0 Å². The number of anilines is 2. The fourth-order valence-corrected chi connectivity index (χ4v) is 3.27. The van der Waals surface area contributed by atoms with Gasteiger partial charge in [-0.1, -0.05) is 35.6 Å². The third-order valence-electron chi connectivity index (χ3n) is 3.82. The van der Waals surface area contributed by atoms with E-state index in [9.17, 15) is 14.3 Å². The minimum Gasteiger partial charge on any atom is -0.507 e. The highest BCUT2D eigenvalue weighted by atomic mass is 32.1. The monoisotopic (exact) mass is 365 g/mol. The number of halogens is 1. The van der Waals surface area contributed by atoms with Crippen LogP contribution in [0.25, 0.3) is 10.8 Å². The van der Waals surface area contributed by atoms with Gasteiger partial charge in [-0.2, -0.15) is 0 Å². The largest absolute Gasteiger partial charge is 0.507 e. The van der Waals surface area contributed by atoms with Crippen molar-refractivity contribution < 1.29 is 14.3 Å². The molecule has 0 aliphatic carbocycles. The van der Waals surface area contributed by atoms with Crippen LogP contribution in [0.2, 0.25) is 0 Å². The minimum atomic E-state index is -0.405. The van der Waals surface area contributed by atoms with Gasteiger partial charge in [0.2, 0.25) is 10.9 Å². The topological polar surface area (TPSA) is 75.1 Å². The molecular formula is C19H12FN3O2S. The van der Waals surface area contributed by atoms with Gasteiger partial charge in [0.1, 0.15) is 11.6 Å². The zero-order valence-corrected chi connectivity index (χ0v) is 14.1. The summed E-state index contributed by atoms with van der Waals surface area (Å²) in [5.74, 6) is -0.842. The highest BCUT2D eigenvalue weighted by molar-refractivity contribution is 7.17. The van der Waals surface area contributed by atoms with Crippen LogP contribution in [0.1, 0.15) is 15.4 Å². The van der Waals surface area contributed by atoms with E-state index in [1.54, 1.807) is 24.3 Å². The van der Waals surface area contributed by atoms with Crippen molar-refractivity contribution in [3.8, 4) is 5.75 Å². The van der Waals surface area contributed by atoms with Gasteiger partial charge in [0.15, 0.2) is 5.01 Å². The molecule has 0 atom stereocenters. The predicted molar refractivity (Wildman–Crippen MR) is 98.6 cm³/mol. The van der Waals surface area contributed by atoms with Crippen LogP contribution in [0.15, 0.2) is 60.7 Å². The number of carbonyl (C=O) groups excluding carboxylic acids is 1. The van der Waals surface area contributed by atoms with Crippen LogP contribution in [0.3, 0.4) is 0 Å². The molecule has 4 aromatic rings. The van der Waals surface area contributed by atoms with Crippen LogP contribution < -0.4 is 5.32 Å². The highest BCUT2D eigenvalue weighted by Gasteiger charge is 2.19. The molecule has 128 valence electrons. The van der Waals surface area contributed by atoms with Crippen molar-refractivity contribution in [2.24, 2.45) is 0 Å². The van der Waals surface area contributed by atoms with Gasteiger partial charge in [-0.15, -0.1) is 10.2 Å². The van der Waals surface area contributed by atoms with Crippen molar-refractivity contribution in [2.75, 3.05) is 5.32 Å². The molecule has 0 amide bonds. The number of rotatable bonds is 4. The van der Waals surface area contributed by atoms with E-state index in [2.05, 4.69) is 15.5 Å². The third-order valence-corrected chi connectivity index (χ3v) is 4.66. The summed E-state index contributed by atoms with van der Waals surface area (Å²) in [7, 11) is 0. The van der Waals surface area contributed by atoms with Crippen molar-refractivity contribution in [2.45, 2.75) is 0 Å². The lowest BCUT2D eigenvalue weighted by Gasteiger charge is -2.04. The fourth-order valence-electron chi connectivity index (χ4n) is 2.55. The lowest BCUT2D eigenvalue weighted by molar-refractivity contribution is 0.103. The van der Waals surface area contributed by atoms with E-state index < -0.39 is 5.78 Å². The quantitative estimate of drug-likeness (QED) is 0.521. The van der Waals surface area contributed by atoms with Gasteiger partial charge in [-0.25, -0.2) is 4.39 Å². The zero-order valence-electron chi connectivity index (χ0n) is 13.3. The number of ketones is 1. The van der Waals surface area contributed by atoms with Gasteiger partial charge >= 0.3 is 0 Å². The molecule has 0 saturated heterocycles. The van der Waals surface area contributed by atoms with Crippen molar-refractivity contribution in [1.82, 2.24) is 10.2 Å².